The maximum atomic E-state index is 12.9. The topological polar surface area (TPSA) is 113 Å². The molecule has 20 heavy (non-hydrogen) atoms. The van der Waals surface area contributed by atoms with Crippen LogP contribution >= 0.6 is 0 Å². The third-order valence-corrected chi connectivity index (χ3v) is 3.57. The van der Waals surface area contributed by atoms with Gasteiger partial charge in [-0.15, -0.1) is 0 Å². The van der Waals surface area contributed by atoms with Gasteiger partial charge >= 0.3 is 5.69 Å². The second kappa shape index (κ2) is 6.62. The molecule has 0 aliphatic carbocycles. The molecular weight excluding hydrogens is 291 g/mol. The molecule has 1 atom stereocenters. The van der Waals surface area contributed by atoms with Gasteiger partial charge in [0, 0.05) is 5.92 Å². The molecule has 0 radical (unpaired) electrons. The van der Waals surface area contributed by atoms with Crippen LogP contribution in [0.4, 0.5) is 10.1 Å². The van der Waals surface area contributed by atoms with Crippen molar-refractivity contribution >= 4 is 15.7 Å². The minimum atomic E-state index is -3.65. The molecule has 0 heterocycles. The predicted octanol–water partition coefficient (Wildman–Crippen LogP) is 1.43. The third-order valence-electron chi connectivity index (χ3n) is 2.64. The molecule has 1 aromatic carbocycles. The van der Waals surface area contributed by atoms with E-state index in [-0.39, 0.29) is 18.1 Å². The number of halogens is 1. The first-order valence-corrected chi connectivity index (χ1v) is 7.51. The summed E-state index contributed by atoms with van der Waals surface area (Å²) >= 11 is 0. The molecule has 0 aliphatic rings. The molecule has 7 nitrogen and oxygen atoms in total. The number of nitrogens with zero attached hydrogens (tertiary/aromatic N) is 1. The van der Waals surface area contributed by atoms with Crippen molar-refractivity contribution in [2.24, 2.45) is 11.1 Å². The number of sulfonamides is 1. The maximum Gasteiger partial charge on any atom is 0.313 e. The van der Waals surface area contributed by atoms with Gasteiger partial charge in [-0.25, -0.2) is 17.9 Å². The Kier molecular flexibility index (Phi) is 5.40. The molecule has 0 aromatic heterocycles. The smallest absolute Gasteiger partial charge is 0.313 e. The number of nitrogens with two attached hydrogens (primary N) is 1. The highest BCUT2D eigenvalue weighted by atomic mass is 32.2. The Hall–Kier alpha value is -1.74. The Morgan fingerprint density at radius 3 is 2.65 bits per heavy atom. The second-order valence-corrected chi connectivity index (χ2v) is 5.94. The molecule has 1 rings (SSSR count). The SMILES string of the molecule is CCC(COc1ccc(F)cc1[N+](=O)[O-])CS(N)(=O)=O. The molecule has 9 heteroatoms. The Balaban J connectivity index is 2.81. The number of primary sulfonamides is 1. The van der Waals surface area contributed by atoms with Gasteiger partial charge < -0.3 is 4.74 Å². The zero-order valence-electron chi connectivity index (χ0n) is 10.8. The van der Waals surface area contributed by atoms with Crippen molar-refractivity contribution in [1.29, 1.82) is 0 Å². The van der Waals surface area contributed by atoms with Crippen molar-refractivity contribution < 1.29 is 22.5 Å². The summed E-state index contributed by atoms with van der Waals surface area (Å²) in [4.78, 5) is 10.00. The normalized spacial score (nSPS) is 12.9. The second-order valence-electron chi connectivity index (χ2n) is 4.28. The van der Waals surface area contributed by atoms with Crippen LogP contribution in [0.1, 0.15) is 13.3 Å². The first kappa shape index (κ1) is 16.3. The van der Waals surface area contributed by atoms with Crippen molar-refractivity contribution in [2.75, 3.05) is 12.4 Å². The zero-order chi connectivity index (χ0) is 15.3. The summed E-state index contributed by atoms with van der Waals surface area (Å²) in [6, 6.07) is 2.91. The summed E-state index contributed by atoms with van der Waals surface area (Å²) in [7, 11) is -3.65. The van der Waals surface area contributed by atoms with Crippen LogP contribution in [-0.4, -0.2) is 25.7 Å². The van der Waals surface area contributed by atoms with Crippen molar-refractivity contribution in [3.63, 3.8) is 0 Å². The molecule has 0 fully saturated rings. The molecule has 2 N–H and O–H groups in total. The van der Waals surface area contributed by atoms with Crippen LogP contribution in [0.3, 0.4) is 0 Å². The van der Waals surface area contributed by atoms with Crippen molar-refractivity contribution in [2.45, 2.75) is 13.3 Å². The number of rotatable bonds is 7. The highest BCUT2D eigenvalue weighted by Gasteiger charge is 2.19. The molecule has 0 saturated heterocycles. The Bertz CT molecular complexity index is 590. The fourth-order valence-electron chi connectivity index (χ4n) is 1.58. The first-order valence-electron chi connectivity index (χ1n) is 5.80. The van der Waals surface area contributed by atoms with Gasteiger partial charge in [0.15, 0.2) is 5.75 Å². The van der Waals surface area contributed by atoms with Crippen LogP contribution in [0.25, 0.3) is 0 Å². The van der Waals surface area contributed by atoms with Gasteiger partial charge in [0.1, 0.15) is 5.82 Å². The van der Waals surface area contributed by atoms with Gasteiger partial charge in [0.05, 0.1) is 23.3 Å². The van der Waals surface area contributed by atoms with E-state index in [2.05, 4.69) is 0 Å². The molecule has 0 aliphatic heterocycles. The molecule has 0 bridgehead atoms. The molecule has 0 saturated carbocycles. The summed E-state index contributed by atoms with van der Waals surface area (Å²) in [5.41, 5.74) is -0.504. The van der Waals surface area contributed by atoms with Gasteiger partial charge in [-0.3, -0.25) is 10.1 Å². The van der Waals surface area contributed by atoms with E-state index in [1.165, 1.54) is 0 Å². The van der Waals surface area contributed by atoms with E-state index in [0.717, 1.165) is 18.2 Å². The van der Waals surface area contributed by atoms with Gasteiger partial charge in [0.2, 0.25) is 10.0 Å². The minimum Gasteiger partial charge on any atom is -0.486 e. The number of ether oxygens (including phenoxy) is 1. The monoisotopic (exact) mass is 306 g/mol. The van der Waals surface area contributed by atoms with Crippen LogP contribution in [-0.2, 0) is 10.0 Å². The number of hydrogen-bond acceptors (Lipinski definition) is 5. The number of hydrogen-bond donors (Lipinski definition) is 1. The van der Waals surface area contributed by atoms with Gasteiger partial charge in [0.25, 0.3) is 0 Å². The summed E-state index contributed by atoms with van der Waals surface area (Å²) in [6.45, 7) is 1.69. The highest BCUT2D eigenvalue weighted by molar-refractivity contribution is 7.89. The lowest BCUT2D eigenvalue weighted by Crippen LogP contribution is -2.26. The predicted molar refractivity (Wildman–Crippen MR) is 70.3 cm³/mol. The lowest BCUT2D eigenvalue weighted by atomic mass is 10.1. The van der Waals surface area contributed by atoms with E-state index in [1.54, 1.807) is 6.92 Å². The molecule has 0 spiro atoms. The fraction of sp³-hybridized carbons (Fsp3) is 0.455. The van der Waals surface area contributed by atoms with Crippen molar-refractivity contribution in [3.05, 3.63) is 34.1 Å². The van der Waals surface area contributed by atoms with E-state index in [1.807, 2.05) is 0 Å². The summed E-state index contributed by atoms with van der Waals surface area (Å²) < 4.78 is 40.2. The zero-order valence-corrected chi connectivity index (χ0v) is 11.6. The van der Waals surface area contributed by atoms with Gasteiger partial charge in [-0.05, 0) is 18.6 Å². The van der Waals surface area contributed by atoms with Crippen molar-refractivity contribution in [1.82, 2.24) is 0 Å². The molecule has 112 valence electrons. The number of nitro benzene ring substituents is 1. The van der Waals surface area contributed by atoms with Crippen LogP contribution < -0.4 is 9.88 Å². The van der Waals surface area contributed by atoms with E-state index < -0.39 is 32.4 Å². The Labute approximate surface area is 115 Å². The quantitative estimate of drug-likeness (QED) is 0.604. The molecular formula is C11H15FN2O5S. The largest absolute Gasteiger partial charge is 0.486 e. The van der Waals surface area contributed by atoms with E-state index in [9.17, 15) is 22.9 Å². The summed E-state index contributed by atoms with van der Waals surface area (Å²) in [5, 5.41) is 15.7. The van der Waals surface area contributed by atoms with E-state index >= 15 is 0 Å². The van der Waals surface area contributed by atoms with Gasteiger partial charge in [-0.2, -0.15) is 0 Å². The summed E-state index contributed by atoms with van der Waals surface area (Å²) in [5.74, 6) is -1.53. The van der Waals surface area contributed by atoms with Gasteiger partial charge in [-0.1, -0.05) is 6.92 Å². The lowest BCUT2D eigenvalue weighted by Gasteiger charge is -2.14. The standard InChI is InChI=1S/C11H15FN2O5S/c1-2-8(7-20(13,17)18)6-19-11-4-3-9(12)5-10(11)14(15)16/h3-5,8H,2,6-7H2,1H3,(H2,13,17,18). The molecule has 1 unspecified atom stereocenters. The average molecular weight is 306 g/mol. The minimum absolute atomic E-state index is 0.0561. The van der Waals surface area contributed by atoms with E-state index in [0.29, 0.717) is 6.42 Å². The average Bonchev–Trinajstić information content (AvgIpc) is 2.33. The van der Waals surface area contributed by atoms with Crippen LogP contribution in [0.5, 0.6) is 5.75 Å². The highest BCUT2D eigenvalue weighted by Crippen LogP contribution is 2.28. The van der Waals surface area contributed by atoms with E-state index in [4.69, 9.17) is 9.88 Å². The number of nitro groups is 1. The van der Waals surface area contributed by atoms with Crippen LogP contribution in [0.15, 0.2) is 18.2 Å². The summed E-state index contributed by atoms with van der Waals surface area (Å²) in [6.07, 6.45) is 0.478. The first-order chi connectivity index (χ1) is 9.23. The maximum absolute atomic E-state index is 12.9. The third kappa shape index (κ3) is 5.10. The lowest BCUT2D eigenvalue weighted by molar-refractivity contribution is -0.386. The Morgan fingerprint density at radius 1 is 1.50 bits per heavy atom. The van der Waals surface area contributed by atoms with Crippen molar-refractivity contribution in [3.8, 4) is 5.75 Å². The van der Waals surface area contributed by atoms with Crippen LogP contribution in [0, 0.1) is 21.8 Å². The molecule has 1 aromatic rings. The molecule has 0 amide bonds. The van der Waals surface area contributed by atoms with Crippen LogP contribution in [0.2, 0.25) is 0 Å². The Morgan fingerprint density at radius 2 is 2.15 bits per heavy atom. The number of benzene rings is 1. The fourth-order valence-corrected chi connectivity index (χ4v) is 2.56.